The first-order valence-electron chi connectivity index (χ1n) is 9.99. The van der Waals surface area contributed by atoms with E-state index in [0.717, 1.165) is 13.1 Å². The molecule has 6 heteroatoms. The number of rotatable bonds is 6. The molecule has 1 saturated heterocycles. The van der Waals surface area contributed by atoms with Crippen LogP contribution in [-0.4, -0.2) is 63.2 Å². The number of nitrogens with zero attached hydrogens (tertiary/aromatic N) is 2. The maximum atomic E-state index is 12.8. The van der Waals surface area contributed by atoms with Crippen molar-refractivity contribution in [2.75, 3.05) is 51.3 Å². The number of hydrogen-bond donors (Lipinski definition) is 1. The molecule has 0 bridgehead atoms. The SMILES string of the molecule is COCCNC(=O)c1ccc(C(=O)N2CCN(c3cccc(C)c3C)CC2)cc1. The smallest absolute Gasteiger partial charge is 0.253 e. The van der Waals surface area contributed by atoms with Crippen molar-refractivity contribution in [1.29, 1.82) is 0 Å². The number of aryl methyl sites for hydroxylation is 1. The topological polar surface area (TPSA) is 61.9 Å². The number of piperazine rings is 1. The lowest BCUT2D eigenvalue weighted by atomic mass is 10.1. The Morgan fingerprint density at radius 1 is 0.966 bits per heavy atom. The van der Waals surface area contributed by atoms with Crippen molar-refractivity contribution in [2.24, 2.45) is 0 Å². The highest BCUT2D eigenvalue weighted by atomic mass is 16.5. The Kier molecular flexibility index (Phi) is 6.88. The summed E-state index contributed by atoms with van der Waals surface area (Å²) in [5, 5.41) is 2.78. The Morgan fingerprint density at radius 2 is 1.62 bits per heavy atom. The van der Waals surface area contributed by atoms with Crippen molar-refractivity contribution in [3.8, 4) is 0 Å². The van der Waals surface area contributed by atoms with Gasteiger partial charge in [-0.05, 0) is 55.3 Å². The molecule has 3 rings (SSSR count). The number of hydrogen-bond acceptors (Lipinski definition) is 4. The number of ether oxygens (including phenoxy) is 1. The average Bonchev–Trinajstić information content (AvgIpc) is 2.75. The van der Waals surface area contributed by atoms with Gasteiger partial charge in [0.05, 0.1) is 6.61 Å². The van der Waals surface area contributed by atoms with E-state index in [2.05, 4.69) is 42.3 Å². The van der Waals surface area contributed by atoms with Gasteiger partial charge in [0.25, 0.3) is 11.8 Å². The van der Waals surface area contributed by atoms with Crippen LogP contribution in [-0.2, 0) is 4.74 Å². The fraction of sp³-hybridized carbons (Fsp3) is 0.391. The van der Waals surface area contributed by atoms with E-state index in [1.165, 1.54) is 16.8 Å². The van der Waals surface area contributed by atoms with Crippen LogP contribution < -0.4 is 10.2 Å². The lowest BCUT2D eigenvalue weighted by Gasteiger charge is -2.37. The van der Waals surface area contributed by atoms with E-state index in [9.17, 15) is 9.59 Å². The summed E-state index contributed by atoms with van der Waals surface area (Å²) in [5.41, 5.74) is 4.98. The molecule has 1 heterocycles. The van der Waals surface area contributed by atoms with Gasteiger partial charge in [-0.25, -0.2) is 0 Å². The molecule has 0 radical (unpaired) electrons. The summed E-state index contributed by atoms with van der Waals surface area (Å²) in [7, 11) is 1.59. The van der Waals surface area contributed by atoms with Crippen LogP contribution in [0.4, 0.5) is 5.69 Å². The van der Waals surface area contributed by atoms with Gasteiger partial charge in [0.15, 0.2) is 0 Å². The van der Waals surface area contributed by atoms with Gasteiger partial charge >= 0.3 is 0 Å². The lowest BCUT2D eigenvalue weighted by Crippen LogP contribution is -2.49. The molecule has 29 heavy (non-hydrogen) atoms. The number of amides is 2. The molecular formula is C23H29N3O3. The summed E-state index contributed by atoms with van der Waals surface area (Å²) in [5.74, 6) is -0.153. The zero-order valence-corrected chi connectivity index (χ0v) is 17.4. The molecule has 2 amide bonds. The zero-order chi connectivity index (χ0) is 20.8. The summed E-state index contributed by atoms with van der Waals surface area (Å²) in [6, 6.07) is 13.2. The van der Waals surface area contributed by atoms with Crippen molar-refractivity contribution in [2.45, 2.75) is 13.8 Å². The predicted molar refractivity (Wildman–Crippen MR) is 115 cm³/mol. The maximum absolute atomic E-state index is 12.8. The fourth-order valence-corrected chi connectivity index (χ4v) is 3.54. The van der Waals surface area contributed by atoms with Gasteiger partial charge in [0.1, 0.15) is 0 Å². The molecule has 0 aromatic heterocycles. The van der Waals surface area contributed by atoms with Gasteiger partial charge in [-0.1, -0.05) is 12.1 Å². The summed E-state index contributed by atoms with van der Waals surface area (Å²) < 4.78 is 4.93. The average molecular weight is 396 g/mol. The number of methoxy groups -OCH3 is 1. The van der Waals surface area contributed by atoms with Crippen molar-refractivity contribution < 1.29 is 14.3 Å². The van der Waals surface area contributed by atoms with E-state index in [0.29, 0.717) is 37.4 Å². The molecule has 2 aromatic rings. The number of anilines is 1. The number of nitrogens with one attached hydrogen (secondary N) is 1. The molecule has 2 aromatic carbocycles. The van der Waals surface area contributed by atoms with Crippen molar-refractivity contribution >= 4 is 17.5 Å². The highest BCUT2D eigenvalue weighted by molar-refractivity contribution is 5.97. The highest BCUT2D eigenvalue weighted by Gasteiger charge is 2.23. The van der Waals surface area contributed by atoms with E-state index in [1.54, 1.807) is 31.4 Å². The largest absolute Gasteiger partial charge is 0.383 e. The van der Waals surface area contributed by atoms with Gasteiger partial charge in [-0.15, -0.1) is 0 Å². The minimum atomic E-state index is -0.164. The minimum absolute atomic E-state index is 0.0111. The molecule has 1 aliphatic rings. The molecule has 0 atom stereocenters. The molecule has 154 valence electrons. The van der Waals surface area contributed by atoms with Gasteiger partial charge in [-0.2, -0.15) is 0 Å². The van der Waals surface area contributed by atoms with Gasteiger partial charge in [-0.3, -0.25) is 9.59 Å². The Morgan fingerprint density at radius 3 is 2.28 bits per heavy atom. The van der Waals surface area contributed by atoms with Crippen LogP contribution in [0.25, 0.3) is 0 Å². The van der Waals surface area contributed by atoms with Crippen LogP contribution in [0, 0.1) is 13.8 Å². The van der Waals surface area contributed by atoms with Crippen LogP contribution in [0.1, 0.15) is 31.8 Å². The Labute approximate surface area is 172 Å². The van der Waals surface area contributed by atoms with Crippen molar-refractivity contribution in [1.82, 2.24) is 10.2 Å². The maximum Gasteiger partial charge on any atom is 0.253 e. The van der Waals surface area contributed by atoms with E-state index in [1.807, 2.05) is 4.90 Å². The first kappa shape index (κ1) is 20.9. The Hall–Kier alpha value is -2.86. The summed E-state index contributed by atoms with van der Waals surface area (Å²) in [6.07, 6.45) is 0. The Bertz CT molecular complexity index is 856. The summed E-state index contributed by atoms with van der Waals surface area (Å²) >= 11 is 0. The second-order valence-corrected chi connectivity index (χ2v) is 7.32. The lowest BCUT2D eigenvalue weighted by molar-refractivity contribution is 0.0746. The Balaban J connectivity index is 1.58. The van der Waals surface area contributed by atoms with Crippen molar-refractivity contribution in [3.05, 3.63) is 64.7 Å². The van der Waals surface area contributed by atoms with E-state index in [4.69, 9.17) is 4.74 Å². The number of benzene rings is 2. The standard InChI is InChI=1S/C23H29N3O3/c1-17-5-4-6-21(18(17)2)25-12-14-26(15-13-25)23(28)20-9-7-19(8-10-20)22(27)24-11-16-29-3/h4-10H,11-16H2,1-3H3,(H,24,27). The number of carbonyl (C=O) groups is 2. The summed E-state index contributed by atoms with van der Waals surface area (Å²) in [6.45, 7) is 8.20. The van der Waals surface area contributed by atoms with Gasteiger partial charge in [0.2, 0.25) is 0 Å². The number of carbonyl (C=O) groups excluding carboxylic acids is 2. The quantitative estimate of drug-likeness (QED) is 0.764. The molecule has 1 fully saturated rings. The minimum Gasteiger partial charge on any atom is -0.383 e. The van der Waals surface area contributed by atoms with E-state index < -0.39 is 0 Å². The second kappa shape index (κ2) is 9.56. The van der Waals surface area contributed by atoms with Gasteiger partial charge in [0, 0.05) is 56.6 Å². The zero-order valence-electron chi connectivity index (χ0n) is 17.4. The molecule has 0 aliphatic carbocycles. The molecular weight excluding hydrogens is 366 g/mol. The fourth-order valence-electron chi connectivity index (χ4n) is 3.54. The summed E-state index contributed by atoms with van der Waals surface area (Å²) in [4.78, 5) is 29.1. The molecule has 0 unspecified atom stereocenters. The molecule has 1 aliphatic heterocycles. The highest BCUT2D eigenvalue weighted by Crippen LogP contribution is 2.24. The monoisotopic (exact) mass is 395 g/mol. The molecule has 0 saturated carbocycles. The second-order valence-electron chi connectivity index (χ2n) is 7.32. The first-order valence-corrected chi connectivity index (χ1v) is 9.99. The third kappa shape index (κ3) is 4.95. The van der Waals surface area contributed by atoms with Crippen LogP contribution >= 0.6 is 0 Å². The third-order valence-corrected chi connectivity index (χ3v) is 5.47. The predicted octanol–water partition coefficient (Wildman–Crippen LogP) is 2.64. The van der Waals surface area contributed by atoms with Crippen LogP contribution in [0.3, 0.4) is 0 Å². The van der Waals surface area contributed by atoms with E-state index in [-0.39, 0.29) is 11.8 Å². The van der Waals surface area contributed by atoms with Crippen molar-refractivity contribution in [3.63, 3.8) is 0 Å². The molecule has 6 nitrogen and oxygen atoms in total. The van der Waals surface area contributed by atoms with E-state index >= 15 is 0 Å². The van der Waals surface area contributed by atoms with Gasteiger partial charge < -0.3 is 19.9 Å². The molecule has 0 spiro atoms. The van der Waals surface area contributed by atoms with Crippen LogP contribution in [0.15, 0.2) is 42.5 Å². The molecule has 1 N–H and O–H groups in total. The van der Waals surface area contributed by atoms with Crippen LogP contribution in [0.2, 0.25) is 0 Å². The third-order valence-electron chi connectivity index (χ3n) is 5.47. The normalized spacial score (nSPS) is 14.0. The first-order chi connectivity index (χ1) is 14.0. The van der Waals surface area contributed by atoms with Crippen LogP contribution in [0.5, 0.6) is 0 Å².